The van der Waals surface area contributed by atoms with Crippen molar-refractivity contribution in [3.63, 3.8) is 0 Å². The van der Waals surface area contributed by atoms with Crippen LogP contribution in [0.25, 0.3) is 0 Å². The number of aryl methyl sites for hydroxylation is 2. The van der Waals surface area contributed by atoms with E-state index in [2.05, 4.69) is 5.32 Å². The van der Waals surface area contributed by atoms with Crippen LogP contribution in [0.1, 0.15) is 70.6 Å². The number of ketones is 1. The molecule has 2 aromatic rings. The van der Waals surface area contributed by atoms with Crippen molar-refractivity contribution in [2.75, 3.05) is 18.4 Å². The van der Waals surface area contributed by atoms with Crippen LogP contribution < -0.4 is 5.32 Å². The van der Waals surface area contributed by atoms with E-state index >= 15 is 0 Å². The molecule has 1 atom stereocenters. The third-order valence-corrected chi connectivity index (χ3v) is 6.23. The second kappa shape index (κ2) is 9.04. The average molecular weight is 426 g/mol. The summed E-state index contributed by atoms with van der Waals surface area (Å²) in [5.41, 5.74) is 2.14. The molecule has 164 valence electrons. The number of amides is 2. The van der Waals surface area contributed by atoms with Gasteiger partial charge in [0.25, 0.3) is 5.91 Å². The van der Waals surface area contributed by atoms with Crippen LogP contribution in [0.4, 0.5) is 10.1 Å². The van der Waals surface area contributed by atoms with Gasteiger partial charge in [-0.05, 0) is 62.3 Å². The topological polar surface area (TPSA) is 79.6 Å². The number of Topliss-reactive ketones (excluding diaryl/α,β-unsaturated/α-hetero) is 1. The number of rotatable bonds is 5. The van der Waals surface area contributed by atoms with Gasteiger partial charge in [0.05, 0.1) is 11.1 Å². The van der Waals surface area contributed by atoms with Gasteiger partial charge in [0, 0.05) is 38.0 Å². The Morgan fingerprint density at radius 1 is 1.26 bits per heavy atom. The molecular weight excluding hydrogens is 399 g/mol. The number of nitrogens with one attached hydrogen (secondary N) is 1. The summed E-state index contributed by atoms with van der Waals surface area (Å²) in [4.78, 5) is 39.5. The van der Waals surface area contributed by atoms with Gasteiger partial charge in [0.2, 0.25) is 5.91 Å². The number of carbonyl (C=O) groups excluding carboxylic acids is 3. The Morgan fingerprint density at radius 3 is 2.90 bits per heavy atom. The van der Waals surface area contributed by atoms with Crippen LogP contribution in [0.3, 0.4) is 0 Å². The van der Waals surface area contributed by atoms with Crippen LogP contribution in [0.2, 0.25) is 0 Å². The maximum atomic E-state index is 13.2. The van der Waals surface area contributed by atoms with E-state index in [0.717, 1.165) is 19.3 Å². The summed E-state index contributed by atoms with van der Waals surface area (Å²) in [6.45, 7) is 2.96. The maximum absolute atomic E-state index is 13.2. The third kappa shape index (κ3) is 4.70. The second-order valence-electron chi connectivity index (χ2n) is 8.53. The zero-order chi connectivity index (χ0) is 22.0. The lowest BCUT2D eigenvalue weighted by Crippen LogP contribution is -2.40. The maximum Gasteiger partial charge on any atom is 0.257 e. The molecule has 0 spiro atoms. The average Bonchev–Trinajstić information content (AvgIpc) is 3.19. The quantitative estimate of drug-likeness (QED) is 0.763. The molecule has 1 aliphatic carbocycles. The van der Waals surface area contributed by atoms with E-state index in [0.29, 0.717) is 66.9 Å². The van der Waals surface area contributed by atoms with Gasteiger partial charge in [0.1, 0.15) is 17.8 Å². The van der Waals surface area contributed by atoms with Crippen molar-refractivity contribution >= 4 is 23.3 Å². The van der Waals surface area contributed by atoms with Gasteiger partial charge in [-0.25, -0.2) is 4.39 Å². The van der Waals surface area contributed by atoms with Crippen LogP contribution in [-0.2, 0) is 11.2 Å². The lowest BCUT2D eigenvalue weighted by atomic mass is 9.91. The molecule has 0 bridgehead atoms. The van der Waals surface area contributed by atoms with Crippen LogP contribution in [0.5, 0.6) is 0 Å². The fraction of sp³-hybridized carbons (Fsp3) is 0.458. The summed E-state index contributed by atoms with van der Waals surface area (Å²) in [5.74, 6) is 0.226. The molecule has 1 aliphatic heterocycles. The zero-order valence-electron chi connectivity index (χ0n) is 17.7. The molecule has 0 saturated carbocycles. The summed E-state index contributed by atoms with van der Waals surface area (Å²) < 4.78 is 18.7. The van der Waals surface area contributed by atoms with Crippen molar-refractivity contribution in [2.24, 2.45) is 5.92 Å². The van der Waals surface area contributed by atoms with E-state index in [1.165, 1.54) is 18.4 Å². The number of fused-ring (bicyclic) bond motifs is 1. The number of carbonyl (C=O) groups is 3. The number of furan rings is 1. The number of hydrogen-bond acceptors (Lipinski definition) is 4. The summed E-state index contributed by atoms with van der Waals surface area (Å²) in [7, 11) is 0. The van der Waals surface area contributed by atoms with Gasteiger partial charge in [-0.3, -0.25) is 14.4 Å². The third-order valence-electron chi connectivity index (χ3n) is 6.23. The van der Waals surface area contributed by atoms with Gasteiger partial charge in [-0.2, -0.15) is 0 Å². The summed E-state index contributed by atoms with van der Waals surface area (Å²) in [5, 5.41) is 2.84. The molecule has 1 aromatic carbocycles. The molecule has 1 saturated heterocycles. The van der Waals surface area contributed by atoms with Gasteiger partial charge < -0.3 is 14.6 Å². The Kier molecular flexibility index (Phi) is 6.20. The van der Waals surface area contributed by atoms with Gasteiger partial charge in [0.15, 0.2) is 5.78 Å². The van der Waals surface area contributed by atoms with E-state index in [1.807, 2.05) is 0 Å². The minimum Gasteiger partial charge on any atom is -0.468 e. The number of hydrogen-bond donors (Lipinski definition) is 1. The molecule has 4 rings (SSSR count). The van der Waals surface area contributed by atoms with E-state index in [9.17, 15) is 18.8 Å². The number of piperidine rings is 1. The number of anilines is 1. The zero-order valence-corrected chi connectivity index (χ0v) is 17.7. The van der Waals surface area contributed by atoms with Crippen molar-refractivity contribution in [3.05, 3.63) is 52.7 Å². The minimum atomic E-state index is -0.331. The number of likely N-dealkylation sites (tertiary alicyclic amines) is 1. The molecule has 1 fully saturated rings. The van der Waals surface area contributed by atoms with Crippen LogP contribution in [-0.4, -0.2) is 35.6 Å². The summed E-state index contributed by atoms with van der Waals surface area (Å²) >= 11 is 0. The van der Waals surface area contributed by atoms with Crippen molar-refractivity contribution < 1.29 is 23.2 Å². The molecule has 0 radical (unpaired) electrons. The first-order chi connectivity index (χ1) is 14.9. The highest BCUT2D eigenvalue weighted by Gasteiger charge is 2.32. The first kappa shape index (κ1) is 21.3. The highest BCUT2D eigenvalue weighted by Crippen LogP contribution is 2.29. The van der Waals surface area contributed by atoms with E-state index in [1.54, 1.807) is 17.9 Å². The van der Waals surface area contributed by atoms with Crippen molar-refractivity contribution in [1.29, 1.82) is 0 Å². The first-order valence-corrected chi connectivity index (χ1v) is 10.9. The molecule has 2 amide bonds. The molecule has 1 N–H and O–H groups in total. The fourth-order valence-electron chi connectivity index (χ4n) is 4.55. The number of nitrogens with zero attached hydrogens (tertiary/aromatic N) is 1. The molecule has 0 unspecified atom stereocenters. The van der Waals surface area contributed by atoms with Crippen molar-refractivity contribution in [1.82, 2.24) is 4.90 Å². The molecule has 2 heterocycles. The van der Waals surface area contributed by atoms with Crippen LogP contribution >= 0.6 is 0 Å². The first-order valence-electron chi connectivity index (χ1n) is 10.9. The van der Waals surface area contributed by atoms with Crippen LogP contribution in [0.15, 0.2) is 28.9 Å². The Hall–Kier alpha value is -2.96. The minimum absolute atomic E-state index is 0.0142. The van der Waals surface area contributed by atoms with Gasteiger partial charge >= 0.3 is 0 Å². The van der Waals surface area contributed by atoms with Crippen molar-refractivity contribution in [2.45, 2.75) is 51.9 Å². The molecule has 1 aromatic heterocycles. The Labute approximate surface area is 180 Å². The van der Waals surface area contributed by atoms with Gasteiger partial charge in [-0.15, -0.1) is 0 Å². The molecule has 7 heteroatoms. The smallest absolute Gasteiger partial charge is 0.257 e. The van der Waals surface area contributed by atoms with Crippen LogP contribution in [0, 0.1) is 18.7 Å². The lowest BCUT2D eigenvalue weighted by molar-refractivity contribution is -0.116. The molecule has 31 heavy (non-hydrogen) atoms. The monoisotopic (exact) mass is 426 g/mol. The highest BCUT2D eigenvalue weighted by molar-refractivity contribution is 6.09. The molecule has 6 nitrogen and oxygen atoms in total. The Bertz CT molecular complexity index is 1010. The molecular formula is C24H27FN2O4. The lowest BCUT2D eigenvalue weighted by Gasteiger charge is -2.32. The Morgan fingerprint density at radius 2 is 2.10 bits per heavy atom. The Balaban J connectivity index is 1.33. The van der Waals surface area contributed by atoms with E-state index in [-0.39, 0.29) is 29.3 Å². The largest absolute Gasteiger partial charge is 0.468 e. The predicted octanol–water partition coefficient (Wildman–Crippen LogP) is 4.52. The highest BCUT2D eigenvalue weighted by atomic mass is 19.1. The van der Waals surface area contributed by atoms with E-state index in [4.69, 9.17) is 4.42 Å². The number of benzene rings is 1. The SMILES string of the molecule is Cc1cc(F)ccc1NC(=O)CC[C@@H]1CCCN(C(=O)c2coc3c2C(=O)CCC3)C1. The van der Waals surface area contributed by atoms with Gasteiger partial charge in [-0.1, -0.05) is 0 Å². The second-order valence-corrected chi connectivity index (χ2v) is 8.53. The van der Waals surface area contributed by atoms with Crippen molar-refractivity contribution in [3.8, 4) is 0 Å². The standard InChI is InChI=1S/C24H27FN2O4/c1-15-12-17(25)8-9-19(15)26-22(29)10-7-16-4-3-11-27(13-16)24(30)18-14-31-21-6-2-5-20(28)23(18)21/h8-9,12,14,16H,2-7,10-11,13H2,1H3,(H,26,29)/t16-/m0/s1. The molecule has 2 aliphatic rings. The normalized spacial score (nSPS) is 18.6. The fourth-order valence-corrected chi connectivity index (χ4v) is 4.55. The summed E-state index contributed by atoms with van der Waals surface area (Å²) in [6.07, 6.45) is 6.16. The van der Waals surface area contributed by atoms with E-state index < -0.39 is 0 Å². The number of halogens is 1. The summed E-state index contributed by atoms with van der Waals surface area (Å²) in [6, 6.07) is 4.28. The predicted molar refractivity (Wildman–Crippen MR) is 114 cm³/mol.